The van der Waals surface area contributed by atoms with Gasteiger partial charge in [0.1, 0.15) is 0 Å². The fourth-order valence-electron chi connectivity index (χ4n) is 2.81. The van der Waals surface area contributed by atoms with Crippen molar-refractivity contribution in [3.8, 4) is 11.5 Å². The summed E-state index contributed by atoms with van der Waals surface area (Å²) in [5, 5.41) is 3.35. The maximum Gasteiger partial charge on any atom is 0.251 e. The standard InChI is InChI=1S/C14H16BrNO3/c15-10-7-12-11(18-14(19-12)2-1-3-14)6-9(10)13-8-16-4-5-17-13/h6-7,13,16H,1-5,8H2. The van der Waals surface area contributed by atoms with Gasteiger partial charge < -0.3 is 19.5 Å². The Bertz CT molecular complexity index is 510. The largest absolute Gasteiger partial charge is 0.448 e. The van der Waals surface area contributed by atoms with Gasteiger partial charge in [-0.1, -0.05) is 15.9 Å². The second kappa shape index (κ2) is 4.36. The molecule has 0 amide bonds. The summed E-state index contributed by atoms with van der Waals surface area (Å²) in [6.07, 6.45) is 3.22. The van der Waals surface area contributed by atoms with E-state index in [1.165, 1.54) is 6.42 Å². The Morgan fingerprint density at radius 3 is 2.63 bits per heavy atom. The van der Waals surface area contributed by atoms with Crippen LogP contribution in [0, 0.1) is 0 Å². The average Bonchev–Trinajstić information content (AvgIpc) is 2.77. The molecular formula is C14H16BrNO3. The number of morpholine rings is 1. The minimum absolute atomic E-state index is 0.0787. The van der Waals surface area contributed by atoms with E-state index in [9.17, 15) is 0 Å². The van der Waals surface area contributed by atoms with Crippen LogP contribution in [0.25, 0.3) is 0 Å². The number of hydrogen-bond donors (Lipinski definition) is 1. The molecule has 2 heterocycles. The monoisotopic (exact) mass is 325 g/mol. The predicted molar refractivity (Wildman–Crippen MR) is 73.5 cm³/mol. The second-order valence-corrected chi connectivity index (χ2v) is 6.21. The topological polar surface area (TPSA) is 39.7 Å². The molecule has 1 spiro atoms. The molecule has 1 unspecified atom stereocenters. The van der Waals surface area contributed by atoms with Crippen LogP contribution in [0.15, 0.2) is 16.6 Å². The van der Waals surface area contributed by atoms with Gasteiger partial charge in [0.25, 0.3) is 5.79 Å². The first-order valence-electron chi connectivity index (χ1n) is 6.80. The van der Waals surface area contributed by atoms with E-state index < -0.39 is 0 Å². The van der Waals surface area contributed by atoms with Gasteiger partial charge in [-0.2, -0.15) is 0 Å². The minimum atomic E-state index is -0.369. The third-order valence-corrected chi connectivity index (χ3v) is 4.73. The first kappa shape index (κ1) is 12.0. The van der Waals surface area contributed by atoms with Crippen molar-refractivity contribution in [3.63, 3.8) is 0 Å². The normalized spacial score (nSPS) is 27.3. The molecule has 1 aromatic rings. The first-order chi connectivity index (χ1) is 9.26. The summed E-state index contributed by atoms with van der Waals surface area (Å²) in [6.45, 7) is 2.50. The lowest BCUT2D eigenvalue weighted by atomic mass is 9.91. The number of nitrogens with one attached hydrogen (secondary N) is 1. The van der Waals surface area contributed by atoms with Gasteiger partial charge in [-0.05, 0) is 18.6 Å². The molecule has 0 radical (unpaired) electrons. The van der Waals surface area contributed by atoms with Gasteiger partial charge in [-0.25, -0.2) is 0 Å². The second-order valence-electron chi connectivity index (χ2n) is 5.35. The van der Waals surface area contributed by atoms with Crippen LogP contribution in [0.3, 0.4) is 0 Å². The summed E-state index contributed by atoms with van der Waals surface area (Å²) in [7, 11) is 0. The van der Waals surface area contributed by atoms with Crippen LogP contribution >= 0.6 is 15.9 Å². The molecule has 2 aliphatic heterocycles. The van der Waals surface area contributed by atoms with Crippen LogP contribution in [-0.2, 0) is 4.74 Å². The first-order valence-corrected chi connectivity index (χ1v) is 7.59. The van der Waals surface area contributed by atoms with Crippen LogP contribution in [0.4, 0.5) is 0 Å². The van der Waals surface area contributed by atoms with Gasteiger partial charge in [0.05, 0.1) is 12.7 Å². The van der Waals surface area contributed by atoms with Gasteiger partial charge in [0, 0.05) is 36.0 Å². The van der Waals surface area contributed by atoms with E-state index in [2.05, 4.69) is 27.3 Å². The molecular weight excluding hydrogens is 310 g/mol. The van der Waals surface area contributed by atoms with Crippen LogP contribution in [0.1, 0.15) is 30.9 Å². The molecule has 2 fully saturated rings. The molecule has 1 saturated heterocycles. The zero-order valence-corrected chi connectivity index (χ0v) is 12.2. The van der Waals surface area contributed by atoms with Crippen molar-refractivity contribution in [2.24, 2.45) is 0 Å². The Hall–Kier alpha value is -0.780. The summed E-state index contributed by atoms with van der Waals surface area (Å²) in [5.41, 5.74) is 1.13. The zero-order valence-electron chi connectivity index (χ0n) is 10.6. The molecule has 1 aromatic carbocycles. The minimum Gasteiger partial charge on any atom is -0.448 e. The highest BCUT2D eigenvalue weighted by Crippen LogP contribution is 2.50. The molecule has 4 nitrogen and oxygen atoms in total. The maximum absolute atomic E-state index is 6.00. The summed E-state index contributed by atoms with van der Waals surface area (Å²) >= 11 is 3.62. The van der Waals surface area contributed by atoms with E-state index in [0.29, 0.717) is 0 Å². The molecule has 1 atom stereocenters. The third-order valence-electron chi connectivity index (χ3n) is 4.04. The maximum atomic E-state index is 6.00. The lowest BCUT2D eigenvalue weighted by Gasteiger charge is -2.35. The van der Waals surface area contributed by atoms with Gasteiger partial charge in [0.15, 0.2) is 11.5 Å². The van der Waals surface area contributed by atoms with E-state index >= 15 is 0 Å². The van der Waals surface area contributed by atoms with E-state index in [1.807, 2.05) is 6.07 Å². The van der Waals surface area contributed by atoms with Crippen LogP contribution < -0.4 is 14.8 Å². The Morgan fingerprint density at radius 2 is 2.00 bits per heavy atom. The van der Waals surface area contributed by atoms with Crippen molar-refractivity contribution < 1.29 is 14.2 Å². The fraction of sp³-hybridized carbons (Fsp3) is 0.571. The molecule has 0 bridgehead atoms. The molecule has 1 saturated carbocycles. The Labute approximate surface area is 120 Å². The van der Waals surface area contributed by atoms with E-state index in [1.54, 1.807) is 0 Å². The van der Waals surface area contributed by atoms with Crippen molar-refractivity contribution in [1.29, 1.82) is 0 Å². The summed E-state index contributed by atoms with van der Waals surface area (Å²) in [4.78, 5) is 0. The number of benzene rings is 1. The number of rotatable bonds is 1. The smallest absolute Gasteiger partial charge is 0.251 e. The highest BCUT2D eigenvalue weighted by Gasteiger charge is 2.47. The zero-order chi connectivity index (χ0) is 12.9. The number of fused-ring (bicyclic) bond motifs is 1. The van der Waals surface area contributed by atoms with Gasteiger partial charge in [-0.15, -0.1) is 0 Å². The summed E-state index contributed by atoms with van der Waals surface area (Å²) in [6, 6.07) is 4.07. The van der Waals surface area contributed by atoms with Crippen LogP contribution in [-0.4, -0.2) is 25.5 Å². The van der Waals surface area contributed by atoms with Crippen molar-refractivity contribution in [2.75, 3.05) is 19.7 Å². The molecule has 0 aromatic heterocycles. The highest BCUT2D eigenvalue weighted by molar-refractivity contribution is 9.10. The van der Waals surface area contributed by atoms with Crippen molar-refractivity contribution in [2.45, 2.75) is 31.2 Å². The molecule has 5 heteroatoms. The van der Waals surface area contributed by atoms with E-state index in [4.69, 9.17) is 14.2 Å². The Morgan fingerprint density at radius 1 is 1.21 bits per heavy atom. The van der Waals surface area contributed by atoms with Crippen molar-refractivity contribution in [3.05, 3.63) is 22.2 Å². The quantitative estimate of drug-likeness (QED) is 0.861. The SMILES string of the molecule is Brc1cc2c(cc1C1CNCCO1)OC1(CCC1)O2. The average molecular weight is 326 g/mol. The molecule has 4 rings (SSSR count). The Balaban J connectivity index is 1.65. The molecule has 3 aliphatic rings. The molecule has 1 N–H and O–H groups in total. The van der Waals surface area contributed by atoms with Gasteiger partial charge in [0.2, 0.25) is 0 Å². The number of ether oxygens (including phenoxy) is 3. The molecule has 19 heavy (non-hydrogen) atoms. The van der Waals surface area contributed by atoms with E-state index in [-0.39, 0.29) is 11.9 Å². The van der Waals surface area contributed by atoms with Crippen LogP contribution in [0.5, 0.6) is 11.5 Å². The summed E-state index contributed by atoms with van der Waals surface area (Å²) in [5.74, 6) is 1.33. The molecule has 1 aliphatic carbocycles. The third kappa shape index (κ3) is 1.95. The molecule has 102 valence electrons. The number of hydrogen-bond acceptors (Lipinski definition) is 4. The van der Waals surface area contributed by atoms with Gasteiger partial charge >= 0.3 is 0 Å². The highest BCUT2D eigenvalue weighted by atomic mass is 79.9. The van der Waals surface area contributed by atoms with Crippen LogP contribution in [0.2, 0.25) is 0 Å². The van der Waals surface area contributed by atoms with Gasteiger partial charge in [-0.3, -0.25) is 0 Å². The predicted octanol–water partition coefficient (Wildman–Crippen LogP) is 2.76. The van der Waals surface area contributed by atoms with Crippen molar-refractivity contribution >= 4 is 15.9 Å². The lowest BCUT2D eigenvalue weighted by Crippen LogP contribution is -2.45. The lowest BCUT2D eigenvalue weighted by molar-refractivity contribution is -0.138. The number of halogens is 1. The Kier molecular flexibility index (Phi) is 2.76. The summed E-state index contributed by atoms with van der Waals surface area (Å²) < 4.78 is 18.8. The van der Waals surface area contributed by atoms with E-state index in [0.717, 1.165) is 54.1 Å². The van der Waals surface area contributed by atoms with Crippen molar-refractivity contribution in [1.82, 2.24) is 5.32 Å². The fourth-order valence-corrected chi connectivity index (χ4v) is 3.39.